The van der Waals surface area contributed by atoms with Gasteiger partial charge in [-0.2, -0.15) is 0 Å². The molecule has 0 spiro atoms. The Bertz CT molecular complexity index is 1050. The van der Waals surface area contributed by atoms with Crippen LogP contribution in [0.2, 0.25) is 0 Å². The molecular formula is C23H24FN3O3. The van der Waals surface area contributed by atoms with Gasteiger partial charge in [0.1, 0.15) is 17.3 Å². The Labute approximate surface area is 174 Å². The first kappa shape index (κ1) is 19.9. The molecule has 1 aromatic heterocycles. The van der Waals surface area contributed by atoms with Gasteiger partial charge in [-0.1, -0.05) is 12.1 Å². The van der Waals surface area contributed by atoms with Gasteiger partial charge in [-0.3, -0.25) is 9.59 Å². The predicted molar refractivity (Wildman–Crippen MR) is 112 cm³/mol. The van der Waals surface area contributed by atoms with Crippen molar-refractivity contribution in [1.29, 1.82) is 0 Å². The normalized spacial score (nSPS) is 14.2. The Hall–Kier alpha value is -3.35. The Balaban J connectivity index is 1.36. The van der Waals surface area contributed by atoms with E-state index in [0.29, 0.717) is 38.5 Å². The van der Waals surface area contributed by atoms with Crippen molar-refractivity contribution >= 4 is 22.7 Å². The second kappa shape index (κ2) is 8.57. The summed E-state index contributed by atoms with van der Waals surface area (Å²) in [5.74, 6) is 0.362. The molecule has 0 atom stereocenters. The number of fused-ring (bicyclic) bond motifs is 1. The highest BCUT2D eigenvalue weighted by atomic mass is 19.1. The van der Waals surface area contributed by atoms with Crippen molar-refractivity contribution in [3.8, 4) is 5.75 Å². The van der Waals surface area contributed by atoms with Crippen molar-refractivity contribution in [2.75, 3.05) is 32.8 Å². The maximum Gasteiger partial charge on any atom is 0.270 e. The zero-order chi connectivity index (χ0) is 21.1. The first-order chi connectivity index (χ1) is 14.5. The number of aromatic nitrogens is 1. The molecule has 156 valence electrons. The number of amides is 2. The third kappa shape index (κ3) is 4.30. The zero-order valence-electron chi connectivity index (χ0n) is 16.9. The maximum absolute atomic E-state index is 13.0. The molecule has 2 heterocycles. The van der Waals surface area contributed by atoms with E-state index in [1.807, 2.05) is 31.2 Å². The number of halogens is 1. The quantitative estimate of drug-likeness (QED) is 0.704. The van der Waals surface area contributed by atoms with E-state index in [-0.39, 0.29) is 24.1 Å². The van der Waals surface area contributed by atoms with Crippen LogP contribution in [0.3, 0.4) is 0 Å². The number of carbonyl (C=O) groups is 2. The summed E-state index contributed by atoms with van der Waals surface area (Å²) in [6.07, 6.45) is 0.235. The molecule has 1 N–H and O–H groups in total. The van der Waals surface area contributed by atoms with E-state index in [2.05, 4.69) is 4.98 Å². The van der Waals surface area contributed by atoms with Crippen LogP contribution in [0.5, 0.6) is 5.75 Å². The average molecular weight is 409 g/mol. The van der Waals surface area contributed by atoms with Gasteiger partial charge in [-0.05, 0) is 42.8 Å². The highest BCUT2D eigenvalue weighted by molar-refractivity contribution is 5.98. The second-order valence-electron chi connectivity index (χ2n) is 7.34. The molecule has 0 aliphatic carbocycles. The number of hydrogen-bond acceptors (Lipinski definition) is 3. The van der Waals surface area contributed by atoms with E-state index < -0.39 is 0 Å². The van der Waals surface area contributed by atoms with Gasteiger partial charge in [-0.25, -0.2) is 4.39 Å². The highest BCUT2D eigenvalue weighted by Gasteiger charge is 2.25. The van der Waals surface area contributed by atoms with Crippen LogP contribution in [0.4, 0.5) is 4.39 Å². The number of ether oxygens (including phenoxy) is 1. The van der Waals surface area contributed by atoms with E-state index in [1.54, 1.807) is 21.9 Å². The van der Waals surface area contributed by atoms with Crippen LogP contribution in [-0.4, -0.2) is 59.4 Å². The molecule has 0 unspecified atom stereocenters. The monoisotopic (exact) mass is 409 g/mol. The fourth-order valence-corrected chi connectivity index (χ4v) is 3.70. The Morgan fingerprint density at radius 3 is 2.40 bits per heavy atom. The van der Waals surface area contributed by atoms with Crippen molar-refractivity contribution in [3.05, 3.63) is 65.6 Å². The second-order valence-corrected chi connectivity index (χ2v) is 7.34. The minimum atomic E-state index is -0.315. The maximum atomic E-state index is 13.0. The zero-order valence-corrected chi connectivity index (χ0v) is 16.9. The van der Waals surface area contributed by atoms with Crippen molar-refractivity contribution in [3.63, 3.8) is 0 Å². The molecular weight excluding hydrogens is 385 g/mol. The smallest absolute Gasteiger partial charge is 0.270 e. The number of rotatable bonds is 5. The number of hydrogen-bond donors (Lipinski definition) is 1. The third-order valence-corrected chi connectivity index (χ3v) is 5.32. The van der Waals surface area contributed by atoms with Crippen LogP contribution in [-0.2, 0) is 11.2 Å². The van der Waals surface area contributed by atoms with E-state index in [4.69, 9.17) is 4.74 Å². The number of nitrogens with one attached hydrogen (secondary N) is 1. The fourth-order valence-electron chi connectivity index (χ4n) is 3.70. The summed E-state index contributed by atoms with van der Waals surface area (Å²) in [6.45, 7) is 4.45. The molecule has 2 amide bonds. The van der Waals surface area contributed by atoms with Gasteiger partial charge >= 0.3 is 0 Å². The van der Waals surface area contributed by atoms with Gasteiger partial charge in [0.25, 0.3) is 5.91 Å². The van der Waals surface area contributed by atoms with E-state index in [9.17, 15) is 14.0 Å². The minimum Gasteiger partial charge on any atom is -0.494 e. The molecule has 3 aromatic rings. The minimum absolute atomic E-state index is 0.0113. The number of H-pyrrole nitrogens is 1. The van der Waals surface area contributed by atoms with Crippen molar-refractivity contribution in [2.45, 2.75) is 13.3 Å². The van der Waals surface area contributed by atoms with Crippen LogP contribution in [0.25, 0.3) is 10.9 Å². The van der Waals surface area contributed by atoms with Crippen molar-refractivity contribution in [1.82, 2.24) is 14.8 Å². The number of carbonyl (C=O) groups excluding carboxylic acids is 2. The largest absolute Gasteiger partial charge is 0.494 e. The molecule has 1 aliphatic heterocycles. The number of piperazine rings is 1. The molecule has 0 radical (unpaired) electrons. The fraction of sp³-hybridized carbons (Fsp3) is 0.304. The Morgan fingerprint density at radius 1 is 1.00 bits per heavy atom. The summed E-state index contributed by atoms with van der Waals surface area (Å²) < 4.78 is 18.5. The lowest BCUT2D eigenvalue weighted by Gasteiger charge is -2.34. The van der Waals surface area contributed by atoms with Gasteiger partial charge in [0, 0.05) is 43.1 Å². The lowest BCUT2D eigenvalue weighted by atomic mass is 10.1. The molecule has 4 rings (SSSR count). The van der Waals surface area contributed by atoms with Crippen LogP contribution < -0.4 is 4.74 Å². The highest BCUT2D eigenvalue weighted by Crippen LogP contribution is 2.22. The molecule has 6 nitrogen and oxygen atoms in total. The van der Waals surface area contributed by atoms with Crippen LogP contribution in [0.15, 0.2) is 48.5 Å². The lowest BCUT2D eigenvalue weighted by Crippen LogP contribution is -2.51. The topological polar surface area (TPSA) is 65.6 Å². The summed E-state index contributed by atoms with van der Waals surface area (Å²) in [6, 6.07) is 13.5. The average Bonchev–Trinajstić information content (AvgIpc) is 3.18. The number of aromatic amines is 1. The van der Waals surface area contributed by atoms with E-state index >= 15 is 0 Å². The first-order valence-corrected chi connectivity index (χ1v) is 10.1. The summed E-state index contributed by atoms with van der Waals surface area (Å²) in [5.41, 5.74) is 2.17. The van der Waals surface area contributed by atoms with Gasteiger partial charge in [0.15, 0.2) is 0 Å². The van der Waals surface area contributed by atoms with Gasteiger partial charge in [-0.15, -0.1) is 0 Å². The SMILES string of the molecule is CCOc1ccc2cc(C(=O)N3CCN(C(=O)Cc4ccc(F)cc4)CC3)[nH]c2c1. The van der Waals surface area contributed by atoms with E-state index in [0.717, 1.165) is 22.2 Å². The van der Waals surface area contributed by atoms with Crippen molar-refractivity contribution < 1.29 is 18.7 Å². The summed E-state index contributed by atoms with van der Waals surface area (Å²) in [7, 11) is 0. The molecule has 1 saturated heterocycles. The summed E-state index contributed by atoms with van der Waals surface area (Å²) >= 11 is 0. The van der Waals surface area contributed by atoms with Crippen LogP contribution >= 0.6 is 0 Å². The predicted octanol–water partition coefficient (Wildman–Crippen LogP) is 3.23. The van der Waals surface area contributed by atoms with Gasteiger partial charge in [0.2, 0.25) is 5.91 Å². The summed E-state index contributed by atoms with van der Waals surface area (Å²) in [5, 5.41) is 0.954. The van der Waals surface area contributed by atoms with Crippen LogP contribution in [0, 0.1) is 5.82 Å². The first-order valence-electron chi connectivity index (χ1n) is 10.1. The van der Waals surface area contributed by atoms with Gasteiger partial charge < -0.3 is 19.5 Å². The van der Waals surface area contributed by atoms with E-state index in [1.165, 1.54) is 12.1 Å². The van der Waals surface area contributed by atoms with Gasteiger partial charge in [0.05, 0.1) is 13.0 Å². The molecule has 1 aliphatic rings. The number of nitrogens with zero attached hydrogens (tertiary/aromatic N) is 2. The van der Waals surface area contributed by atoms with Crippen LogP contribution in [0.1, 0.15) is 23.0 Å². The summed E-state index contributed by atoms with van der Waals surface area (Å²) in [4.78, 5) is 32.1. The molecule has 0 bridgehead atoms. The molecule has 2 aromatic carbocycles. The molecule has 7 heteroatoms. The lowest BCUT2D eigenvalue weighted by molar-refractivity contribution is -0.131. The Morgan fingerprint density at radius 2 is 1.70 bits per heavy atom. The standard InChI is InChI=1S/C23H24FN3O3/c1-2-30-19-8-5-17-14-21(25-20(17)15-19)23(29)27-11-9-26(10-12-27)22(28)13-16-3-6-18(24)7-4-16/h3-8,14-15,25H,2,9-13H2,1H3. The molecule has 0 saturated carbocycles. The Kier molecular flexibility index (Phi) is 5.70. The number of benzene rings is 2. The van der Waals surface area contributed by atoms with Crippen molar-refractivity contribution in [2.24, 2.45) is 0 Å². The third-order valence-electron chi connectivity index (χ3n) is 5.32. The molecule has 1 fully saturated rings. The molecule has 30 heavy (non-hydrogen) atoms.